The van der Waals surface area contributed by atoms with E-state index in [9.17, 15) is 9.90 Å². The molecule has 0 aliphatic heterocycles. The lowest BCUT2D eigenvalue weighted by Crippen LogP contribution is -2.09. The van der Waals surface area contributed by atoms with Crippen LogP contribution in [0.5, 0.6) is 5.75 Å². The lowest BCUT2D eigenvalue weighted by atomic mass is 10.2. The molecular formula is C14H14N4O2. The second-order valence-electron chi connectivity index (χ2n) is 4.61. The molecule has 2 heterocycles. The first-order valence-electron chi connectivity index (χ1n) is 6.45. The molecule has 0 aliphatic rings. The fraction of sp³-hybridized carbons (Fsp3) is 0.214. The van der Waals surface area contributed by atoms with Gasteiger partial charge >= 0.3 is 0 Å². The van der Waals surface area contributed by atoms with Crippen molar-refractivity contribution >= 4 is 11.0 Å². The van der Waals surface area contributed by atoms with E-state index in [1.807, 2.05) is 0 Å². The molecule has 6 heteroatoms. The van der Waals surface area contributed by atoms with Crippen molar-refractivity contribution in [3.63, 3.8) is 0 Å². The first-order chi connectivity index (χ1) is 9.69. The molecule has 0 radical (unpaired) electrons. The number of aryl methyl sites for hydroxylation is 1. The van der Waals surface area contributed by atoms with E-state index in [4.69, 9.17) is 0 Å². The second kappa shape index (κ2) is 4.80. The van der Waals surface area contributed by atoms with Crippen LogP contribution < -0.4 is 5.56 Å². The fourth-order valence-electron chi connectivity index (χ4n) is 2.14. The Bertz CT molecular complexity index is 802. The van der Waals surface area contributed by atoms with Gasteiger partial charge in [-0.25, -0.2) is 4.98 Å². The van der Waals surface area contributed by atoms with Gasteiger partial charge in [-0.05, 0) is 30.7 Å². The Morgan fingerprint density at radius 1 is 1.20 bits per heavy atom. The summed E-state index contributed by atoms with van der Waals surface area (Å²) < 4.78 is 0. The van der Waals surface area contributed by atoms with E-state index in [1.165, 1.54) is 0 Å². The molecule has 0 unspecified atom stereocenters. The van der Waals surface area contributed by atoms with Gasteiger partial charge in [0, 0.05) is 5.56 Å². The van der Waals surface area contributed by atoms with Crippen LogP contribution in [0, 0.1) is 0 Å². The molecule has 0 saturated heterocycles. The van der Waals surface area contributed by atoms with Gasteiger partial charge in [-0.3, -0.25) is 9.89 Å². The minimum atomic E-state index is -0.267. The third-order valence-electron chi connectivity index (χ3n) is 3.12. The van der Waals surface area contributed by atoms with E-state index in [-0.39, 0.29) is 11.3 Å². The third-order valence-corrected chi connectivity index (χ3v) is 3.12. The number of hydrogen-bond acceptors (Lipinski definition) is 4. The molecule has 3 aromatic rings. The van der Waals surface area contributed by atoms with Gasteiger partial charge in [-0.2, -0.15) is 5.10 Å². The number of nitrogens with one attached hydrogen (secondary N) is 2. The monoisotopic (exact) mass is 270 g/mol. The highest BCUT2D eigenvalue weighted by atomic mass is 16.3. The van der Waals surface area contributed by atoms with Crippen LogP contribution in [0.4, 0.5) is 0 Å². The topological polar surface area (TPSA) is 94.7 Å². The summed E-state index contributed by atoms with van der Waals surface area (Å²) in [4.78, 5) is 19.2. The molecule has 0 aliphatic carbocycles. The molecule has 6 nitrogen and oxygen atoms in total. The van der Waals surface area contributed by atoms with Crippen molar-refractivity contribution in [2.75, 3.05) is 0 Å². The predicted molar refractivity (Wildman–Crippen MR) is 75.6 cm³/mol. The zero-order valence-electron chi connectivity index (χ0n) is 11.0. The molecule has 0 saturated carbocycles. The lowest BCUT2D eigenvalue weighted by molar-refractivity contribution is 0.475. The van der Waals surface area contributed by atoms with Gasteiger partial charge < -0.3 is 10.1 Å². The number of phenols is 1. The van der Waals surface area contributed by atoms with E-state index in [2.05, 4.69) is 27.1 Å². The van der Waals surface area contributed by atoms with E-state index >= 15 is 0 Å². The van der Waals surface area contributed by atoms with Crippen LogP contribution in [0.2, 0.25) is 0 Å². The Balaban J connectivity index is 2.19. The molecule has 3 N–H and O–H groups in total. The number of aromatic nitrogens is 4. The number of nitrogens with zero attached hydrogens (tertiary/aromatic N) is 2. The molecule has 0 bridgehead atoms. The van der Waals surface area contributed by atoms with E-state index < -0.39 is 0 Å². The van der Waals surface area contributed by atoms with E-state index in [1.54, 1.807) is 24.3 Å². The summed E-state index contributed by atoms with van der Waals surface area (Å²) in [6.07, 6.45) is 1.74. The number of aromatic amines is 2. The van der Waals surface area contributed by atoms with E-state index in [0.29, 0.717) is 16.9 Å². The molecule has 0 spiro atoms. The van der Waals surface area contributed by atoms with Gasteiger partial charge in [0.25, 0.3) is 5.56 Å². The number of benzene rings is 1. The van der Waals surface area contributed by atoms with Crippen LogP contribution in [0.1, 0.15) is 19.0 Å². The maximum atomic E-state index is 12.0. The molecule has 3 rings (SSSR count). The van der Waals surface area contributed by atoms with Crippen molar-refractivity contribution in [1.82, 2.24) is 20.2 Å². The first kappa shape index (κ1) is 12.4. The van der Waals surface area contributed by atoms with Crippen molar-refractivity contribution in [2.24, 2.45) is 0 Å². The molecule has 2 aromatic heterocycles. The maximum absolute atomic E-state index is 12.0. The van der Waals surface area contributed by atoms with Crippen LogP contribution >= 0.6 is 0 Å². The first-order valence-corrected chi connectivity index (χ1v) is 6.45. The van der Waals surface area contributed by atoms with Gasteiger partial charge in [-0.1, -0.05) is 13.3 Å². The highest BCUT2D eigenvalue weighted by molar-refractivity contribution is 5.78. The highest BCUT2D eigenvalue weighted by Gasteiger charge is 2.12. The largest absolute Gasteiger partial charge is 0.508 e. The summed E-state index contributed by atoms with van der Waals surface area (Å²) >= 11 is 0. The highest BCUT2D eigenvalue weighted by Crippen LogP contribution is 2.20. The molecule has 0 amide bonds. The number of H-pyrrole nitrogens is 2. The van der Waals surface area contributed by atoms with Gasteiger partial charge in [0.05, 0.1) is 5.69 Å². The third kappa shape index (κ3) is 2.05. The van der Waals surface area contributed by atoms with Crippen LogP contribution in [-0.2, 0) is 6.42 Å². The van der Waals surface area contributed by atoms with Gasteiger partial charge in [0.15, 0.2) is 5.52 Å². The smallest absolute Gasteiger partial charge is 0.279 e. The standard InChI is InChI=1S/C14H14N4O2/c1-2-3-10-11-12(18-17-10)14(20)16-13(15-11)8-4-6-9(19)7-5-8/h4-7,19H,2-3H2,1H3,(H,17,18)(H,15,16,20). The van der Waals surface area contributed by atoms with Crippen molar-refractivity contribution in [1.29, 1.82) is 0 Å². The summed E-state index contributed by atoms with van der Waals surface area (Å²) in [6.45, 7) is 2.06. The van der Waals surface area contributed by atoms with Gasteiger partial charge in [-0.15, -0.1) is 0 Å². The summed E-state index contributed by atoms with van der Waals surface area (Å²) in [5, 5.41) is 16.2. The maximum Gasteiger partial charge on any atom is 0.279 e. The number of rotatable bonds is 3. The average molecular weight is 270 g/mol. The van der Waals surface area contributed by atoms with Crippen LogP contribution in [0.15, 0.2) is 29.1 Å². The van der Waals surface area contributed by atoms with Gasteiger partial charge in [0.1, 0.15) is 17.1 Å². The molecule has 0 atom stereocenters. The summed E-state index contributed by atoms with van der Waals surface area (Å²) in [7, 11) is 0. The fourth-order valence-corrected chi connectivity index (χ4v) is 2.14. The Morgan fingerprint density at radius 2 is 1.95 bits per heavy atom. The lowest BCUT2D eigenvalue weighted by Gasteiger charge is -2.02. The number of fused-ring (bicyclic) bond motifs is 1. The zero-order chi connectivity index (χ0) is 14.1. The van der Waals surface area contributed by atoms with Gasteiger partial charge in [0.2, 0.25) is 0 Å². The molecule has 0 fully saturated rings. The SMILES string of the molecule is CCCc1[nH]nc2c(=O)[nH]c(-c3ccc(O)cc3)nc12. The summed E-state index contributed by atoms with van der Waals surface area (Å²) in [5.41, 5.74) is 2.28. The number of hydrogen-bond donors (Lipinski definition) is 3. The van der Waals surface area contributed by atoms with E-state index in [0.717, 1.165) is 24.1 Å². The predicted octanol–water partition coefficient (Wildman–Crippen LogP) is 1.97. The van der Waals surface area contributed by atoms with Crippen molar-refractivity contribution in [3.8, 4) is 17.1 Å². The van der Waals surface area contributed by atoms with Crippen LogP contribution in [-0.4, -0.2) is 25.3 Å². The Kier molecular flexibility index (Phi) is 2.98. The molecule has 1 aromatic carbocycles. The van der Waals surface area contributed by atoms with Crippen molar-refractivity contribution < 1.29 is 5.11 Å². The summed E-state index contributed by atoms with van der Waals surface area (Å²) in [6, 6.07) is 6.53. The quantitative estimate of drug-likeness (QED) is 0.678. The Labute approximate surface area is 114 Å². The average Bonchev–Trinajstić information content (AvgIpc) is 2.84. The summed E-state index contributed by atoms with van der Waals surface area (Å²) in [5.74, 6) is 0.647. The number of aromatic hydroxyl groups is 1. The molecule has 102 valence electrons. The van der Waals surface area contributed by atoms with Crippen molar-refractivity contribution in [3.05, 3.63) is 40.3 Å². The molecular weight excluding hydrogens is 256 g/mol. The Morgan fingerprint density at radius 3 is 2.65 bits per heavy atom. The second-order valence-corrected chi connectivity index (χ2v) is 4.61. The molecule has 20 heavy (non-hydrogen) atoms. The van der Waals surface area contributed by atoms with Crippen LogP contribution in [0.25, 0.3) is 22.4 Å². The normalized spacial score (nSPS) is 11.1. The number of phenolic OH excluding ortho intramolecular Hbond substituents is 1. The zero-order valence-corrected chi connectivity index (χ0v) is 11.0. The minimum absolute atomic E-state index is 0.173. The van der Waals surface area contributed by atoms with Crippen LogP contribution in [0.3, 0.4) is 0 Å². The minimum Gasteiger partial charge on any atom is -0.508 e. The van der Waals surface area contributed by atoms with Crippen molar-refractivity contribution in [2.45, 2.75) is 19.8 Å². The Hall–Kier alpha value is -2.63.